The topological polar surface area (TPSA) is 56.1 Å². The quantitative estimate of drug-likeness (QED) is 0.419. The van der Waals surface area contributed by atoms with Crippen molar-refractivity contribution in [1.29, 1.82) is 0 Å². The Balaban J connectivity index is 1.47. The molecule has 5 nitrogen and oxygen atoms in total. The van der Waals surface area contributed by atoms with E-state index in [1.165, 1.54) is 6.07 Å². The predicted octanol–water partition coefficient (Wildman–Crippen LogP) is 4.79. The average Bonchev–Trinajstić information content (AvgIpc) is 3.14. The van der Waals surface area contributed by atoms with Crippen LogP contribution in [0, 0.1) is 5.82 Å². The molecule has 0 aliphatic rings. The van der Waals surface area contributed by atoms with Crippen LogP contribution in [0.5, 0.6) is 5.75 Å². The number of imidazole rings is 1. The van der Waals surface area contributed by atoms with Crippen molar-refractivity contribution in [2.75, 3.05) is 13.7 Å². The fourth-order valence-electron chi connectivity index (χ4n) is 3.64. The van der Waals surface area contributed by atoms with Crippen molar-refractivity contribution in [1.82, 2.24) is 14.9 Å². The van der Waals surface area contributed by atoms with Gasteiger partial charge in [-0.2, -0.15) is 0 Å². The molecule has 0 aliphatic carbocycles. The van der Waals surface area contributed by atoms with Gasteiger partial charge < -0.3 is 14.6 Å². The van der Waals surface area contributed by atoms with Crippen LogP contribution in [0.15, 0.2) is 66.7 Å². The lowest BCUT2D eigenvalue weighted by atomic mass is 10.1. The predicted molar refractivity (Wildman–Crippen MR) is 124 cm³/mol. The number of rotatable bonds is 8. The molecule has 4 rings (SSSR count). The van der Waals surface area contributed by atoms with E-state index in [0.717, 1.165) is 28.2 Å². The van der Waals surface area contributed by atoms with Gasteiger partial charge in [-0.1, -0.05) is 41.9 Å². The number of aromatic nitrogens is 2. The van der Waals surface area contributed by atoms with Gasteiger partial charge in [-0.05, 0) is 42.0 Å². The van der Waals surface area contributed by atoms with Crippen LogP contribution in [-0.2, 0) is 24.2 Å². The normalized spacial score (nSPS) is 11.0. The van der Waals surface area contributed by atoms with E-state index < -0.39 is 0 Å². The standard InChI is InChI=1S/C25H23ClFN3O2/c1-32-18-11-9-17(10-12-18)15-25(31)28-14-13-24-29-22-7-2-3-8-23(22)30(24)16-19-20(26)5-4-6-21(19)27/h2-12H,13-16H2,1H3,(H,28,31). The molecule has 1 heterocycles. The summed E-state index contributed by atoms with van der Waals surface area (Å²) in [6.07, 6.45) is 0.792. The van der Waals surface area contributed by atoms with Gasteiger partial charge in [0.25, 0.3) is 0 Å². The highest BCUT2D eigenvalue weighted by Crippen LogP contribution is 2.24. The molecule has 164 valence electrons. The Morgan fingerprint density at radius 1 is 1.09 bits per heavy atom. The molecule has 1 amide bonds. The van der Waals surface area contributed by atoms with E-state index in [-0.39, 0.29) is 24.7 Å². The minimum absolute atomic E-state index is 0.0741. The van der Waals surface area contributed by atoms with Crippen molar-refractivity contribution in [3.8, 4) is 5.75 Å². The number of para-hydroxylation sites is 2. The number of hydrogen-bond acceptors (Lipinski definition) is 3. The molecule has 0 aliphatic heterocycles. The molecule has 0 saturated carbocycles. The Kier molecular flexibility index (Phi) is 6.71. The second-order valence-corrected chi connectivity index (χ2v) is 7.84. The molecule has 4 aromatic rings. The van der Waals surface area contributed by atoms with Crippen LogP contribution in [0.25, 0.3) is 11.0 Å². The molecule has 0 spiro atoms. The first-order chi connectivity index (χ1) is 15.5. The Morgan fingerprint density at radius 2 is 1.88 bits per heavy atom. The largest absolute Gasteiger partial charge is 0.497 e. The molecular weight excluding hydrogens is 429 g/mol. The number of nitrogens with zero attached hydrogens (tertiary/aromatic N) is 2. The first-order valence-electron chi connectivity index (χ1n) is 10.3. The number of halogens is 2. The van der Waals surface area contributed by atoms with Crippen LogP contribution in [-0.4, -0.2) is 29.1 Å². The highest BCUT2D eigenvalue weighted by atomic mass is 35.5. The molecule has 32 heavy (non-hydrogen) atoms. The number of ether oxygens (including phenoxy) is 1. The van der Waals surface area contributed by atoms with E-state index in [4.69, 9.17) is 21.3 Å². The van der Waals surface area contributed by atoms with Gasteiger partial charge in [0.05, 0.1) is 31.1 Å². The van der Waals surface area contributed by atoms with Gasteiger partial charge in [0, 0.05) is 23.6 Å². The number of carbonyl (C=O) groups is 1. The van der Waals surface area contributed by atoms with Crippen molar-refractivity contribution in [2.24, 2.45) is 0 Å². The van der Waals surface area contributed by atoms with Crippen molar-refractivity contribution < 1.29 is 13.9 Å². The van der Waals surface area contributed by atoms with Crippen molar-refractivity contribution in [2.45, 2.75) is 19.4 Å². The van der Waals surface area contributed by atoms with Gasteiger partial charge in [-0.15, -0.1) is 0 Å². The molecule has 0 bridgehead atoms. The van der Waals surface area contributed by atoms with Crippen LogP contribution in [0.4, 0.5) is 4.39 Å². The summed E-state index contributed by atoms with van der Waals surface area (Å²) >= 11 is 6.25. The summed E-state index contributed by atoms with van der Waals surface area (Å²) in [6, 6.07) is 19.8. The minimum Gasteiger partial charge on any atom is -0.497 e. The zero-order valence-corrected chi connectivity index (χ0v) is 18.4. The molecule has 0 atom stereocenters. The fraction of sp³-hybridized carbons (Fsp3) is 0.200. The summed E-state index contributed by atoms with van der Waals surface area (Å²) in [6.45, 7) is 0.685. The summed E-state index contributed by atoms with van der Waals surface area (Å²) < 4.78 is 21.5. The molecule has 0 saturated heterocycles. The SMILES string of the molecule is COc1ccc(CC(=O)NCCc2nc3ccccc3n2Cc2c(F)cccc2Cl)cc1. The summed E-state index contributed by atoms with van der Waals surface area (Å²) in [5, 5.41) is 3.32. The van der Waals surface area contributed by atoms with E-state index in [1.807, 2.05) is 53.1 Å². The van der Waals surface area contributed by atoms with Gasteiger partial charge in [-0.25, -0.2) is 9.37 Å². The maximum atomic E-state index is 14.4. The molecule has 1 aromatic heterocycles. The lowest BCUT2D eigenvalue weighted by Crippen LogP contribution is -2.28. The number of amides is 1. The third-order valence-corrected chi connectivity index (χ3v) is 5.66. The van der Waals surface area contributed by atoms with Crippen molar-refractivity contribution in [3.63, 3.8) is 0 Å². The number of carbonyl (C=O) groups excluding carboxylic acids is 1. The van der Waals surface area contributed by atoms with Gasteiger partial charge in [-0.3, -0.25) is 4.79 Å². The average molecular weight is 452 g/mol. The number of hydrogen-bond donors (Lipinski definition) is 1. The van der Waals surface area contributed by atoms with Gasteiger partial charge in [0.1, 0.15) is 17.4 Å². The number of methoxy groups -OCH3 is 1. The maximum absolute atomic E-state index is 14.4. The number of benzene rings is 3. The molecule has 7 heteroatoms. The highest BCUT2D eigenvalue weighted by Gasteiger charge is 2.15. The van der Waals surface area contributed by atoms with Gasteiger partial charge in [0.15, 0.2) is 0 Å². The summed E-state index contributed by atoms with van der Waals surface area (Å²) in [4.78, 5) is 17.1. The third kappa shape index (κ3) is 4.92. The van der Waals surface area contributed by atoms with E-state index in [0.29, 0.717) is 23.6 Å². The van der Waals surface area contributed by atoms with Crippen LogP contribution in [0.3, 0.4) is 0 Å². The van der Waals surface area contributed by atoms with E-state index >= 15 is 0 Å². The second kappa shape index (κ2) is 9.83. The smallest absolute Gasteiger partial charge is 0.224 e. The fourth-order valence-corrected chi connectivity index (χ4v) is 3.86. The van der Waals surface area contributed by atoms with Crippen molar-refractivity contribution in [3.05, 3.63) is 94.5 Å². The van der Waals surface area contributed by atoms with E-state index in [1.54, 1.807) is 19.2 Å². The Morgan fingerprint density at radius 3 is 2.62 bits per heavy atom. The summed E-state index contributed by atoms with van der Waals surface area (Å²) in [7, 11) is 1.61. The Bertz CT molecular complexity index is 1220. The monoisotopic (exact) mass is 451 g/mol. The van der Waals surface area contributed by atoms with E-state index in [9.17, 15) is 9.18 Å². The molecule has 0 unspecified atom stereocenters. The van der Waals surface area contributed by atoms with Gasteiger partial charge in [0.2, 0.25) is 5.91 Å². The third-order valence-electron chi connectivity index (χ3n) is 5.31. The first kappa shape index (κ1) is 21.8. The Labute approximate surface area is 190 Å². The minimum atomic E-state index is -0.353. The van der Waals surface area contributed by atoms with Crippen LogP contribution >= 0.6 is 11.6 Å². The first-order valence-corrected chi connectivity index (χ1v) is 10.7. The highest BCUT2D eigenvalue weighted by molar-refractivity contribution is 6.31. The lowest BCUT2D eigenvalue weighted by molar-refractivity contribution is -0.120. The zero-order chi connectivity index (χ0) is 22.5. The zero-order valence-electron chi connectivity index (χ0n) is 17.6. The van der Waals surface area contributed by atoms with Crippen molar-refractivity contribution >= 4 is 28.5 Å². The summed E-state index contributed by atoms with van der Waals surface area (Å²) in [5.74, 6) is 1.09. The van der Waals surface area contributed by atoms with Gasteiger partial charge >= 0.3 is 0 Å². The number of fused-ring (bicyclic) bond motifs is 1. The summed E-state index contributed by atoms with van der Waals surface area (Å²) in [5.41, 5.74) is 3.04. The van der Waals surface area contributed by atoms with Crippen LogP contribution in [0.2, 0.25) is 5.02 Å². The molecule has 1 N–H and O–H groups in total. The number of nitrogens with one attached hydrogen (secondary N) is 1. The molecular formula is C25H23ClFN3O2. The lowest BCUT2D eigenvalue weighted by Gasteiger charge is -2.12. The van der Waals surface area contributed by atoms with Crippen LogP contribution < -0.4 is 10.1 Å². The second-order valence-electron chi connectivity index (χ2n) is 7.43. The molecule has 0 radical (unpaired) electrons. The Hall–Kier alpha value is -3.38. The van der Waals surface area contributed by atoms with E-state index in [2.05, 4.69) is 5.32 Å². The molecule has 3 aromatic carbocycles. The molecule has 0 fully saturated rings. The van der Waals surface area contributed by atoms with Crippen LogP contribution in [0.1, 0.15) is 17.0 Å². The maximum Gasteiger partial charge on any atom is 0.224 e.